The molecule has 0 radical (unpaired) electrons. The zero-order valence-corrected chi connectivity index (χ0v) is 9.48. The topological polar surface area (TPSA) is 76.4 Å². The Labute approximate surface area is 98.6 Å². The van der Waals surface area contributed by atoms with Gasteiger partial charge in [0.15, 0.2) is 5.69 Å². The van der Waals surface area contributed by atoms with Gasteiger partial charge in [-0.2, -0.15) is 5.10 Å². The fraction of sp³-hybridized carbons (Fsp3) is 0.636. The second kappa shape index (κ2) is 4.12. The maximum absolute atomic E-state index is 11.1. The van der Waals surface area contributed by atoms with Gasteiger partial charge in [-0.25, -0.2) is 4.79 Å². The maximum atomic E-state index is 11.1. The first-order chi connectivity index (χ1) is 8.27. The molecule has 6 nitrogen and oxygen atoms in total. The number of hydrogen-bond donors (Lipinski definition) is 2. The number of carbonyl (C=O) groups is 1. The highest BCUT2D eigenvalue weighted by atomic mass is 16.5. The van der Waals surface area contributed by atoms with Gasteiger partial charge in [0.05, 0.1) is 24.9 Å². The molecule has 2 aliphatic heterocycles. The van der Waals surface area contributed by atoms with Crippen LogP contribution in [0.5, 0.6) is 0 Å². The Morgan fingerprint density at radius 3 is 2.88 bits per heavy atom. The van der Waals surface area contributed by atoms with Crippen LogP contribution >= 0.6 is 0 Å². The number of aromatic nitrogens is 2. The van der Waals surface area contributed by atoms with Crippen molar-refractivity contribution in [1.29, 1.82) is 0 Å². The second-order valence-corrected chi connectivity index (χ2v) is 4.50. The van der Waals surface area contributed by atoms with E-state index in [1.54, 1.807) is 0 Å². The third kappa shape index (κ3) is 1.73. The number of nitrogens with zero attached hydrogens (tertiary/aromatic N) is 2. The van der Waals surface area contributed by atoms with Crippen LogP contribution in [0, 0.1) is 0 Å². The standard InChI is InChI=1S/C11H15N3O3/c15-11(16)10-8-5-17-6-9(8)14(13-10)7-1-3-12-4-2-7/h7,12H,1-6H2,(H,15,16). The summed E-state index contributed by atoms with van der Waals surface area (Å²) in [5.74, 6) is -0.959. The van der Waals surface area contributed by atoms with E-state index in [0.29, 0.717) is 19.3 Å². The van der Waals surface area contributed by atoms with Crippen molar-refractivity contribution < 1.29 is 14.6 Å². The van der Waals surface area contributed by atoms with Gasteiger partial charge in [-0.15, -0.1) is 0 Å². The number of ether oxygens (including phenoxy) is 1. The van der Waals surface area contributed by atoms with Crippen molar-refractivity contribution in [2.24, 2.45) is 0 Å². The molecule has 92 valence electrons. The Morgan fingerprint density at radius 1 is 1.41 bits per heavy atom. The summed E-state index contributed by atoms with van der Waals surface area (Å²) in [5, 5.41) is 16.7. The predicted molar refractivity (Wildman–Crippen MR) is 58.8 cm³/mol. The normalized spacial score (nSPS) is 20.5. The van der Waals surface area contributed by atoms with Crippen LogP contribution in [0.25, 0.3) is 0 Å². The monoisotopic (exact) mass is 237 g/mol. The SMILES string of the molecule is O=C(O)c1nn(C2CCNCC2)c2c1COC2. The number of carboxylic acid groups (broad SMARTS) is 1. The van der Waals surface area contributed by atoms with Gasteiger partial charge in [0.25, 0.3) is 0 Å². The lowest BCUT2D eigenvalue weighted by atomic mass is 10.1. The molecule has 17 heavy (non-hydrogen) atoms. The Kier molecular flexibility index (Phi) is 2.60. The Hall–Kier alpha value is -1.40. The van der Waals surface area contributed by atoms with Gasteiger partial charge >= 0.3 is 5.97 Å². The lowest BCUT2D eigenvalue weighted by Gasteiger charge is -2.24. The Balaban J connectivity index is 1.99. The fourth-order valence-corrected chi connectivity index (χ4v) is 2.58. The summed E-state index contributed by atoms with van der Waals surface area (Å²) < 4.78 is 7.22. The van der Waals surface area contributed by atoms with Crippen molar-refractivity contribution in [1.82, 2.24) is 15.1 Å². The van der Waals surface area contributed by atoms with Gasteiger partial charge in [0.1, 0.15) is 0 Å². The van der Waals surface area contributed by atoms with Gasteiger partial charge in [0, 0.05) is 5.56 Å². The Morgan fingerprint density at radius 2 is 2.18 bits per heavy atom. The molecule has 1 aromatic rings. The first-order valence-electron chi connectivity index (χ1n) is 5.89. The number of rotatable bonds is 2. The summed E-state index contributed by atoms with van der Waals surface area (Å²) >= 11 is 0. The van der Waals surface area contributed by atoms with E-state index in [1.807, 2.05) is 4.68 Å². The molecule has 0 bridgehead atoms. The number of aromatic carboxylic acids is 1. The number of nitrogens with one attached hydrogen (secondary N) is 1. The van der Waals surface area contributed by atoms with Crippen LogP contribution in [0.15, 0.2) is 0 Å². The minimum Gasteiger partial charge on any atom is -0.476 e. The van der Waals surface area contributed by atoms with Crippen LogP contribution in [-0.4, -0.2) is 33.9 Å². The second-order valence-electron chi connectivity index (χ2n) is 4.50. The molecule has 0 spiro atoms. The molecule has 0 amide bonds. The van der Waals surface area contributed by atoms with Crippen molar-refractivity contribution >= 4 is 5.97 Å². The summed E-state index contributed by atoms with van der Waals surface area (Å²) in [6, 6.07) is 0.305. The van der Waals surface area contributed by atoms with Gasteiger partial charge < -0.3 is 15.2 Å². The zero-order chi connectivity index (χ0) is 11.8. The van der Waals surface area contributed by atoms with Crippen molar-refractivity contribution in [3.8, 4) is 0 Å². The molecule has 2 aliphatic rings. The van der Waals surface area contributed by atoms with E-state index < -0.39 is 5.97 Å². The lowest BCUT2D eigenvalue weighted by molar-refractivity contribution is 0.0680. The van der Waals surface area contributed by atoms with Gasteiger partial charge in [-0.3, -0.25) is 4.68 Å². The molecule has 1 aromatic heterocycles. The molecule has 0 unspecified atom stereocenters. The molecule has 6 heteroatoms. The van der Waals surface area contributed by atoms with Crippen LogP contribution in [0.2, 0.25) is 0 Å². The molecule has 0 saturated carbocycles. The first-order valence-corrected chi connectivity index (χ1v) is 5.89. The minimum absolute atomic E-state index is 0.163. The highest BCUT2D eigenvalue weighted by molar-refractivity contribution is 5.87. The summed E-state index contributed by atoms with van der Waals surface area (Å²) in [4.78, 5) is 11.1. The summed E-state index contributed by atoms with van der Waals surface area (Å²) in [7, 11) is 0. The van der Waals surface area contributed by atoms with E-state index in [9.17, 15) is 4.79 Å². The van der Waals surface area contributed by atoms with Crippen LogP contribution < -0.4 is 5.32 Å². The summed E-state index contributed by atoms with van der Waals surface area (Å²) in [6.45, 7) is 2.78. The summed E-state index contributed by atoms with van der Waals surface area (Å²) in [6.07, 6.45) is 1.99. The highest BCUT2D eigenvalue weighted by Crippen LogP contribution is 2.29. The molecule has 1 saturated heterocycles. The lowest BCUT2D eigenvalue weighted by Crippen LogP contribution is -2.30. The molecule has 1 fully saturated rings. The number of hydrogen-bond acceptors (Lipinski definition) is 4. The van der Waals surface area contributed by atoms with E-state index in [2.05, 4.69) is 10.4 Å². The van der Waals surface area contributed by atoms with E-state index >= 15 is 0 Å². The average molecular weight is 237 g/mol. The van der Waals surface area contributed by atoms with Gasteiger partial charge in [0.2, 0.25) is 0 Å². The van der Waals surface area contributed by atoms with Crippen molar-refractivity contribution in [3.05, 3.63) is 17.0 Å². The van der Waals surface area contributed by atoms with E-state index in [1.165, 1.54) is 0 Å². The van der Waals surface area contributed by atoms with E-state index in [-0.39, 0.29) is 5.69 Å². The number of fused-ring (bicyclic) bond motifs is 1. The molecule has 3 rings (SSSR count). The third-order valence-electron chi connectivity index (χ3n) is 3.46. The molecule has 0 aromatic carbocycles. The molecule has 0 aliphatic carbocycles. The summed E-state index contributed by atoms with van der Waals surface area (Å²) in [5.41, 5.74) is 1.88. The van der Waals surface area contributed by atoms with Crippen LogP contribution in [0.1, 0.15) is 40.6 Å². The van der Waals surface area contributed by atoms with E-state index in [4.69, 9.17) is 9.84 Å². The molecular formula is C11H15N3O3. The van der Waals surface area contributed by atoms with Crippen molar-refractivity contribution in [3.63, 3.8) is 0 Å². The molecular weight excluding hydrogens is 222 g/mol. The third-order valence-corrected chi connectivity index (χ3v) is 3.46. The van der Waals surface area contributed by atoms with Crippen LogP contribution in [0.3, 0.4) is 0 Å². The zero-order valence-electron chi connectivity index (χ0n) is 9.48. The molecule has 3 heterocycles. The molecule has 0 atom stereocenters. The van der Waals surface area contributed by atoms with Crippen molar-refractivity contribution in [2.75, 3.05) is 13.1 Å². The minimum atomic E-state index is -0.959. The average Bonchev–Trinajstić information content (AvgIpc) is 2.90. The number of carboxylic acids is 1. The predicted octanol–water partition coefficient (Wildman–Crippen LogP) is 0.536. The van der Waals surface area contributed by atoms with E-state index in [0.717, 1.165) is 37.2 Å². The smallest absolute Gasteiger partial charge is 0.356 e. The first kappa shape index (κ1) is 10.7. The number of piperidine rings is 1. The largest absolute Gasteiger partial charge is 0.476 e. The van der Waals surface area contributed by atoms with Gasteiger partial charge in [-0.05, 0) is 25.9 Å². The molecule has 2 N–H and O–H groups in total. The fourth-order valence-electron chi connectivity index (χ4n) is 2.58. The van der Waals surface area contributed by atoms with Crippen LogP contribution in [0.4, 0.5) is 0 Å². The quantitative estimate of drug-likeness (QED) is 0.785. The Bertz CT molecular complexity index is 449. The van der Waals surface area contributed by atoms with Crippen LogP contribution in [-0.2, 0) is 18.0 Å². The highest BCUT2D eigenvalue weighted by Gasteiger charge is 2.30. The van der Waals surface area contributed by atoms with Crippen molar-refractivity contribution in [2.45, 2.75) is 32.1 Å². The maximum Gasteiger partial charge on any atom is 0.356 e. The van der Waals surface area contributed by atoms with Gasteiger partial charge in [-0.1, -0.05) is 0 Å².